The number of aromatic nitrogens is 2. The summed E-state index contributed by atoms with van der Waals surface area (Å²) < 4.78 is 0. The van der Waals surface area contributed by atoms with Crippen LogP contribution in [0.4, 0.5) is 11.8 Å². The minimum Gasteiger partial charge on any atom is -0.392 e. The first-order valence-electron chi connectivity index (χ1n) is 6.16. The molecule has 2 unspecified atom stereocenters. The quantitative estimate of drug-likeness (QED) is 0.782. The van der Waals surface area contributed by atoms with Crippen molar-refractivity contribution < 1.29 is 5.11 Å². The Labute approximate surface area is 112 Å². The second-order valence-corrected chi connectivity index (χ2v) is 5.60. The zero-order valence-corrected chi connectivity index (χ0v) is 11.6. The van der Waals surface area contributed by atoms with Gasteiger partial charge in [-0.25, -0.2) is 4.98 Å². The molecule has 6 heteroatoms. The minimum atomic E-state index is -0.274. The molecule has 0 spiro atoms. The number of aliphatic hydroxyl groups excluding tert-OH is 1. The molecule has 0 radical (unpaired) electrons. The van der Waals surface area contributed by atoms with Gasteiger partial charge in [0.05, 0.1) is 12.3 Å². The number of nitrogens with zero attached hydrogens (tertiary/aromatic N) is 2. The summed E-state index contributed by atoms with van der Waals surface area (Å²) >= 11 is 6.07. The van der Waals surface area contributed by atoms with E-state index in [0.29, 0.717) is 23.2 Å². The summed E-state index contributed by atoms with van der Waals surface area (Å²) in [5, 5.41) is 16.5. The fourth-order valence-corrected chi connectivity index (χ4v) is 2.17. The molecule has 1 heterocycles. The van der Waals surface area contributed by atoms with E-state index in [4.69, 9.17) is 11.6 Å². The first kappa shape index (κ1) is 13.4. The van der Waals surface area contributed by atoms with Crippen LogP contribution in [0, 0.1) is 5.41 Å². The number of rotatable bonds is 4. The SMILES string of the molecule is CCNc1ncc(Cl)c(NC2CC(O)C2(C)C)n1. The molecule has 0 saturated heterocycles. The van der Waals surface area contributed by atoms with Crippen LogP contribution in [0.2, 0.25) is 5.02 Å². The van der Waals surface area contributed by atoms with E-state index >= 15 is 0 Å². The summed E-state index contributed by atoms with van der Waals surface area (Å²) in [6.45, 7) is 6.80. The summed E-state index contributed by atoms with van der Waals surface area (Å²) in [7, 11) is 0. The Morgan fingerprint density at radius 2 is 2.28 bits per heavy atom. The first-order valence-corrected chi connectivity index (χ1v) is 6.54. The summed E-state index contributed by atoms with van der Waals surface area (Å²) in [5.74, 6) is 1.18. The predicted octanol–water partition coefficient (Wildman–Crippen LogP) is 2.13. The highest BCUT2D eigenvalue weighted by Gasteiger charge is 2.47. The molecule has 2 rings (SSSR count). The molecule has 18 heavy (non-hydrogen) atoms. The van der Waals surface area contributed by atoms with Gasteiger partial charge in [-0.3, -0.25) is 0 Å². The lowest BCUT2D eigenvalue weighted by molar-refractivity contribution is -0.0511. The molecule has 2 atom stereocenters. The highest BCUT2D eigenvalue weighted by Crippen LogP contribution is 2.42. The van der Waals surface area contributed by atoms with Crippen LogP contribution in [0.15, 0.2) is 6.20 Å². The second-order valence-electron chi connectivity index (χ2n) is 5.19. The van der Waals surface area contributed by atoms with Crippen molar-refractivity contribution in [3.8, 4) is 0 Å². The van der Waals surface area contributed by atoms with Crippen LogP contribution in [0.25, 0.3) is 0 Å². The van der Waals surface area contributed by atoms with E-state index in [1.165, 1.54) is 0 Å². The van der Waals surface area contributed by atoms with Crippen molar-refractivity contribution in [3.05, 3.63) is 11.2 Å². The largest absolute Gasteiger partial charge is 0.392 e. The van der Waals surface area contributed by atoms with Gasteiger partial charge < -0.3 is 15.7 Å². The van der Waals surface area contributed by atoms with Crippen molar-refractivity contribution >= 4 is 23.4 Å². The lowest BCUT2D eigenvalue weighted by Gasteiger charge is -2.49. The Hall–Kier alpha value is -1.07. The van der Waals surface area contributed by atoms with Gasteiger partial charge in [0.25, 0.3) is 0 Å². The topological polar surface area (TPSA) is 70.1 Å². The standard InChI is InChI=1S/C12H19ClN4O/c1-4-14-11-15-6-7(13)10(17-11)16-8-5-9(18)12(8,2)3/h6,8-9,18H,4-5H2,1-3H3,(H2,14,15,16,17). The smallest absolute Gasteiger partial charge is 0.224 e. The molecule has 1 aliphatic carbocycles. The highest BCUT2D eigenvalue weighted by atomic mass is 35.5. The lowest BCUT2D eigenvalue weighted by atomic mass is 9.64. The van der Waals surface area contributed by atoms with E-state index in [1.807, 2.05) is 20.8 Å². The lowest BCUT2D eigenvalue weighted by Crippen LogP contribution is -2.57. The molecule has 3 N–H and O–H groups in total. The average Bonchev–Trinajstić information content (AvgIpc) is 2.33. The Bertz CT molecular complexity index is 438. The van der Waals surface area contributed by atoms with E-state index in [0.717, 1.165) is 6.54 Å². The van der Waals surface area contributed by atoms with Crippen LogP contribution in [0.3, 0.4) is 0 Å². The molecule has 0 aliphatic heterocycles. The zero-order valence-electron chi connectivity index (χ0n) is 10.9. The third-order valence-corrected chi connectivity index (χ3v) is 3.88. The minimum absolute atomic E-state index is 0.160. The van der Waals surface area contributed by atoms with E-state index < -0.39 is 0 Å². The van der Waals surface area contributed by atoms with Crippen molar-refractivity contribution in [2.24, 2.45) is 5.41 Å². The van der Waals surface area contributed by atoms with Gasteiger partial charge in [0.2, 0.25) is 5.95 Å². The predicted molar refractivity (Wildman–Crippen MR) is 73.0 cm³/mol. The number of halogens is 1. The third kappa shape index (κ3) is 2.37. The van der Waals surface area contributed by atoms with Gasteiger partial charge >= 0.3 is 0 Å². The molecule has 1 aliphatic rings. The highest BCUT2D eigenvalue weighted by molar-refractivity contribution is 6.32. The maximum Gasteiger partial charge on any atom is 0.224 e. The number of anilines is 2. The van der Waals surface area contributed by atoms with Crippen LogP contribution in [-0.2, 0) is 0 Å². The Morgan fingerprint density at radius 1 is 1.56 bits per heavy atom. The van der Waals surface area contributed by atoms with Crippen molar-refractivity contribution in [2.45, 2.75) is 39.3 Å². The van der Waals surface area contributed by atoms with Gasteiger partial charge in [-0.05, 0) is 13.3 Å². The van der Waals surface area contributed by atoms with E-state index in [2.05, 4.69) is 20.6 Å². The van der Waals surface area contributed by atoms with Crippen molar-refractivity contribution in [2.75, 3.05) is 17.2 Å². The van der Waals surface area contributed by atoms with Crippen LogP contribution in [0.1, 0.15) is 27.2 Å². The maximum atomic E-state index is 9.71. The van der Waals surface area contributed by atoms with Gasteiger partial charge in [0, 0.05) is 18.0 Å². The molecule has 1 aromatic rings. The number of nitrogens with one attached hydrogen (secondary N) is 2. The Balaban J connectivity index is 2.12. The summed E-state index contributed by atoms with van der Waals surface area (Å²) in [5.41, 5.74) is -0.160. The van der Waals surface area contributed by atoms with Gasteiger partial charge in [-0.1, -0.05) is 25.4 Å². The normalized spacial score (nSPS) is 25.4. The van der Waals surface area contributed by atoms with Gasteiger partial charge in [0.1, 0.15) is 5.02 Å². The number of aliphatic hydroxyl groups is 1. The molecule has 0 bridgehead atoms. The van der Waals surface area contributed by atoms with Crippen LogP contribution < -0.4 is 10.6 Å². The number of hydrogen-bond donors (Lipinski definition) is 3. The van der Waals surface area contributed by atoms with Crippen molar-refractivity contribution in [1.82, 2.24) is 9.97 Å². The van der Waals surface area contributed by atoms with E-state index in [-0.39, 0.29) is 17.6 Å². The van der Waals surface area contributed by atoms with E-state index in [9.17, 15) is 5.11 Å². The molecule has 0 aromatic carbocycles. The zero-order chi connectivity index (χ0) is 13.3. The van der Waals surface area contributed by atoms with Gasteiger partial charge in [-0.2, -0.15) is 4.98 Å². The molecule has 1 aromatic heterocycles. The molecule has 1 saturated carbocycles. The van der Waals surface area contributed by atoms with E-state index in [1.54, 1.807) is 6.20 Å². The first-order chi connectivity index (χ1) is 8.45. The molecule has 100 valence electrons. The Kier molecular flexibility index (Phi) is 3.64. The van der Waals surface area contributed by atoms with Crippen molar-refractivity contribution in [3.63, 3.8) is 0 Å². The summed E-state index contributed by atoms with van der Waals surface area (Å²) in [6, 6.07) is 0.175. The van der Waals surface area contributed by atoms with Gasteiger partial charge in [-0.15, -0.1) is 0 Å². The fraction of sp³-hybridized carbons (Fsp3) is 0.667. The van der Waals surface area contributed by atoms with Crippen LogP contribution >= 0.6 is 11.6 Å². The molecular formula is C12H19ClN4O. The van der Waals surface area contributed by atoms with Crippen molar-refractivity contribution in [1.29, 1.82) is 0 Å². The summed E-state index contributed by atoms with van der Waals surface area (Å²) in [4.78, 5) is 8.42. The van der Waals surface area contributed by atoms with Crippen LogP contribution in [-0.4, -0.2) is 33.8 Å². The Morgan fingerprint density at radius 3 is 2.83 bits per heavy atom. The molecular weight excluding hydrogens is 252 g/mol. The molecule has 0 amide bonds. The third-order valence-electron chi connectivity index (χ3n) is 3.61. The summed E-state index contributed by atoms with van der Waals surface area (Å²) in [6.07, 6.45) is 2.02. The maximum absolute atomic E-state index is 9.71. The van der Waals surface area contributed by atoms with Gasteiger partial charge in [0.15, 0.2) is 5.82 Å². The fourth-order valence-electron chi connectivity index (χ4n) is 2.02. The second kappa shape index (κ2) is 4.90. The number of hydrogen-bond acceptors (Lipinski definition) is 5. The van der Waals surface area contributed by atoms with Crippen LogP contribution in [0.5, 0.6) is 0 Å². The average molecular weight is 271 g/mol. The molecule has 5 nitrogen and oxygen atoms in total. The monoisotopic (exact) mass is 270 g/mol. The molecule has 1 fully saturated rings.